The average molecular weight is 328 g/mol. The van der Waals surface area contributed by atoms with E-state index in [0.29, 0.717) is 18.8 Å². The van der Waals surface area contributed by atoms with Crippen molar-refractivity contribution in [3.05, 3.63) is 47.3 Å². The second kappa shape index (κ2) is 7.55. The molecule has 7 nitrogen and oxygen atoms in total. The molecule has 0 aliphatic carbocycles. The Hall–Kier alpha value is -2.25. The first-order valence-corrected chi connectivity index (χ1v) is 8.36. The predicted octanol–water partition coefficient (Wildman–Crippen LogP) is 0.413. The largest absolute Gasteiger partial charge is 0.347 e. The van der Waals surface area contributed by atoms with Gasteiger partial charge < -0.3 is 11.1 Å². The van der Waals surface area contributed by atoms with Crippen molar-refractivity contribution in [2.75, 3.05) is 19.6 Å². The van der Waals surface area contributed by atoms with E-state index in [1.165, 1.54) is 11.1 Å². The molecule has 3 N–H and O–H groups in total. The summed E-state index contributed by atoms with van der Waals surface area (Å²) >= 11 is 0. The molecule has 0 radical (unpaired) electrons. The Bertz CT molecular complexity index is 698. The molecule has 2 aromatic rings. The zero-order chi connectivity index (χ0) is 16.9. The number of rotatable bonds is 6. The van der Waals surface area contributed by atoms with Crippen molar-refractivity contribution < 1.29 is 4.79 Å². The third kappa shape index (κ3) is 3.98. The third-order valence-corrected chi connectivity index (χ3v) is 4.25. The second-order valence-electron chi connectivity index (χ2n) is 6.28. The number of carbonyl (C=O) groups is 1. The number of amides is 1. The van der Waals surface area contributed by atoms with Crippen LogP contribution in [0.25, 0.3) is 0 Å². The maximum atomic E-state index is 12.2. The predicted molar refractivity (Wildman–Crippen MR) is 91.4 cm³/mol. The Morgan fingerprint density at radius 2 is 2.17 bits per heavy atom. The van der Waals surface area contributed by atoms with E-state index in [0.717, 1.165) is 26.1 Å². The SMILES string of the molecule is C[C@H](CN1CCc2ccccc2C1)NC(=O)c1cn(CCN)nn1. The zero-order valence-corrected chi connectivity index (χ0v) is 14.0. The van der Waals surface area contributed by atoms with E-state index in [4.69, 9.17) is 5.73 Å². The first-order valence-electron chi connectivity index (χ1n) is 8.36. The molecule has 0 fully saturated rings. The lowest BCUT2D eigenvalue weighted by Crippen LogP contribution is -2.43. The van der Waals surface area contributed by atoms with Crippen molar-refractivity contribution in [3.8, 4) is 0 Å². The van der Waals surface area contributed by atoms with E-state index in [1.54, 1.807) is 10.9 Å². The number of fused-ring (bicyclic) bond motifs is 1. The molecule has 1 aromatic carbocycles. The number of benzene rings is 1. The minimum absolute atomic E-state index is 0.0439. The fraction of sp³-hybridized carbons (Fsp3) is 0.471. The first-order chi connectivity index (χ1) is 11.7. The molecule has 128 valence electrons. The molecule has 0 saturated heterocycles. The number of hydrogen-bond acceptors (Lipinski definition) is 5. The van der Waals surface area contributed by atoms with Gasteiger partial charge in [-0.3, -0.25) is 14.4 Å². The van der Waals surface area contributed by atoms with Crippen LogP contribution in [-0.2, 0) is 19.5 Å². The molecule has 1 aliphatic heterocycles. The van der Waals surface area contributed by atoms with E-state index >= 15 is 0 Å². The van der Waals surface area contributed by atoms with Crippen molar-refractivity contribution in [1.82, 2.24) is 25.2 Å². The summed E-state index contributed by atoms with van der Waals surface area (Å²) in [7, 11) is 0. The Kier molecular flexibility index (Phi) is 5.22. The third-order valence-electron chi connectivity index (χ3n) is 4.25. The first kappa shape index (κ1) is 16.6. The lowest BCUT2D eigenvalue weighted by molar-refractivity contribution is 0.0922. The molecule has 2 heterocycles. The normalized spacial score (nSPS) is 15.8. The van der Waals surface area contributed by atoms with Gasteiger partial charge in [0, 0.05) is 32.2 Å². The molecule has 3 rings (SSSR count). The topological polar surface area (TPSA) is 89.1 Å². The summed E-state index contributed by atoms with van der Waals surface area (Å²) in [6.07, 6.45) is 2.69. The second-order valence-corrected chi connectivity index (χ2v) is 6.28. The van der Waals surface area contributed by atoms with Gasteiger partial charge in [-0.2, -0.15) is 0 Å². The van der Waals surface area contributed by atoms with E-state index < -0.39 is 0 Å². The Morgan fingerprint density at radius 1 is 1.38 bits per heavy atom. The minimum Gasteiger partial charge on any atom is -0.347 e. The molecule has 0 bridgehead atoms. The summed E-state index contributed by atoms with van der Waals surface area (Å²) in [5, 5.41) is 10.8. The summed E-state index contributed by atoms with van der Waals surface area (Å²) in [6.45, 7) is 5.81. The van der Waals surface area contributed by atoms with Gasteiger partial charge in [0.1, 0.15) is 0 Å². The van der Waals surface area contributed by atoms with Crippen LogP contribution in [0.15, 0.2) is 30.5 Å². The number of aromatic nitrogens is 3. The maximum absolute atomic E-state index is 12.2. The van der Waals surface area contributed by atoms with Crippen LogP contribution in [0.1, 0.15) is 28.5 Å². The standard InChI is InChI=1S/C17H24N6O/c1-13(19-17(24)16-12-23(9-7-18)21-20-16)10-22-8-6-14-4-2-3-5-15(14)11-22/h2-5,12-13H,6-11,18H2,1H3,(H,19,24)/t13-/m1/s1. The van der Waals surface area contributed by atoms with Gasteiger partial charge in [0.25, 0.3) is 5.91 Å². The zero-order valence-electron chi connectivity index (χ0n) is 14.0. The molecule has 1 aromatic heterocycles. The maximum Gasteiger partial charge on any atom is 0.273 e. The summed E-state index contributed by atoms with van der Waals surface area (Å²) in [4.78, 5) is 14.6. The van der Waals surface area contributed by atoms with Crippen molar-refractivity contribution in [2.24, 2.45) is 5.73 Å². The van der Waals surface area contributed by atoms with Gasteiger partial charge in [-0.25, -0.2) is 0 Å². The molecule has 1 amide bonds. The van der Waals surface area contributed by atoms with Crippen LogP contribution in [0.3, 0.4) is 0 Å². The fourth-order valence-electron chi connectivity index (χ4n) is 3.08. The van der Waals surface area contributed by atoms with Gasteiger partial charge >= 0.3 is 0 Å². The van der Waals surface area contributed by atoms with Crippen LogP contribution in [0.2, 0.25) is 0 Å². The molecule has 1 atom stereocenters. The average Bonchev–Trinajstić information content (AvgIpc) is 3.04. The van der Waals surface area contributed by atoms with Crippen LogP contribution in [0.5, 0.6) is 0 Å². The van der Waals surface area contributed by atoms with Gasteiger partial charge in [0.05, 0.1) is 12.7 Å². The van der Waals surface area contributed by atoms with E-state index in [1.807, 2.05) is 6.92 Å². The Balaban J connectivity index is 1.52. The number of nitrogens with two attached hydrogens (primary N) is 1. The van der Waals surface area contributed by atoms with Gasteiger partial charge in [-0.1, -0.05) is 29.5 Å². The molecule has 0 unspecified atom stereocenters. The molecule has 0 spiro atoms. The molecule has 1 aliphatic rings. The summed E-state index contributed by atoms with van der Waals surface area (Å²) < 4.78 is 1.58. The van der Waals surface area contributed by atoms with Crippen LogP contribution in [-0.4, -0.2) is 51.5 Å². The minimum atomic E-state index is -0.191. The highest BCUT2D eigenvalue weighted by molar-refractivity contribution is 5.92. The lowest BCUT2D eigenvalue weighted by atomic mass is 10.00. The van der Waals surface area contributed by atoms with Crippen molar-refractivity contribution >= 4 is 5.91 Å². The van der Waals surface area contributed by atoms with E-state index in [2.05, 4.69) is 44.8 Å². The number of carbonyl (C=O) groups excluding carboxylic acids is 1. The van der Waals surface area contributed by atoms with E-state index in [9.17, 15) is 4.79 Å². The number of nitrogens with zero attached hydrogens (tertiary/aromatic N) is 4. The summed E-state index contributed by atoms with van der Waals surface area (Å²) in [6, 6.07) is 8.60. The smallest absolute Gasteiger partial charge is 0.273 e. The monoisotopic (exact) mass is 328 g/mol. The van der Waals surface area contributed by atoms with Gasteiger partial charge in [-0.05, 0) is 24.5 Å². The quantitative estimate of drug-likeness (QED) is 0.802. The fourth-order valence-corrected chi connectivity index (χ4v) is 3.08. The van der Waals surface area contributed by atoms with Gasteiger partial charge in [0.2, 0.25) is 0 Å². The van der Waals surface area contributed by atoms with Crippen LogP contribution >= 0.6 is 0 Å². The molecular formula is C17H24N6O. The van der Waals surface area contributed by atoms with Crippen molar-refractivity contribution in [2.45, 2.75) is 32.5 Å². The molecular weight excluding hydrogens is 304 g/mol. The molecule has 24 heavy (non-hydrogen) atoms. The van der Waals surface area contributed by atoms with E-state index in [-0.39, 0.29) is 11.9 Å². The van der Waals surface area contributed by atoms with Crippen LogP contribution in [0, 0.1) is 0 Å². The Labute approximate surface area is 141 Å². The van der Waals surface area contributed by atoms with Crippen molar-refractivity contribution in [3.63, 3.8) is 0 Å². The molecule has 7 heteroatoms. The summed E-state index contributed by atoms with van der Waals surface area (Å²) in [5.74, 6) is -0.191. The van der Waals surface area contributed by atoms with Gasteiger partial charge in [-0.15, -0.1) is 5.10 Å². The lowest BCUT2D eigenvalue weighted by Gasteiger charge is -2.30. The van der Waals surface area contributed by atoms with Gasteiger partial charge in [0.15, 0.2) is 5.69 Å². The van der Waals surface area contributed by atoms with Crippen LogP contribution in [0.4, 0.5) is 0 Å². The Morgan fingerprint density at radius 3 is 2.96 bits per heavy atom. The van der Waals surface area contributed by atoms with Crippen LogP contribution < -0.4 is 11.1 Å². The highest BCUT2D eigenvalue weighted by Gasteiger charge is 2.19. The number of hydrogen-bond donors (Lipinski definition) is 2. The number of nitrogens with one attached hydrogen (secondary N) is 1. The molecule has 0 saturated carbocycles. The highest BCUT2D eigenvalue weighted by atomic mass is 16.2. The highest BCUT2D eigenvalue weighted by Crippen LogP contribution is 2.18. The summed E-state index contributed by atoms with van der Waals surface area (Å²) in [5.41, 5.74) is 8.62. The van der Waals surface area contributed by atoms with Crippen molar-refractivity contribution in [1.29, 1.82) is 0 Å².